The van der Waals surface area contributed by atoms with Gasteiger partial charge in [0.1, 0.15) is 0 Å². The normalized spacial score (nSPS) is 21.1. The first-order valence-corrected chi connectivity index (χ1v) is 5.37. The Balaban J connectivity index is 2.37. The van der Waals surface area contributed by atoms with Crippen molar-refractivity contribution < 1.29 is 19.8 Å². The molecule has 0 bridgehead atoms. The minimum absolute atomic E-state index is 0.0779. The lowest BCUT2D eigenvalue weighted by Crippen LogP contribution is -2.48. The Kier molecular flexibility index (Phi) is 4.26. The molecule has 0 aromatic heterocycles. The van der Waals surface area contributed by atoms with E-state index in [1.54, 1.807) is 0 Å². The van der Waals surface area contributed by atoms with Gasteiger partial charge in [-0.1, -0.05) is 0 Å². The summed E-state index contributed by atoms with van der Waals surface area (Å²) in [5.74, 6) is -1.59. The van der Waals surface area contributed by atoms with E-state index in [1.807, 2.05) is 0 Å². The summed E-state index contributed by atoms with van der Waals surface area (Å²) in [5.41, 5.74) is -1.90. The van der Waals surface area contributed by atoms with Crippen molar-refractivity contribution in [1.29, 1.82) is 0 Å². The molecule has 1 unspecified atom stereocenters. The van der Waals surface area contributed by atoms with Crippen LogP contribution < -0.4 is 10.6 Å². The van der Waals surface area contributed by atoms with Crippen LogP contribution in [0.5, 0.6) is 0 Å². The number of nitrogens with one attached hydrogen (secondary N) is 2. The van der Waals surface area contributed by atoms with E-state index in [-0.39, 0.29) is 18.4 Å². The molecule has 1 aliphatic rings. The Morgan fingerprint density at radius 1 is 1.44 bits per heavy atom. The summed E-state index contributed by atoms with van der Waals surface area (Å²) in [4.78, 5) is 22.2. The van der Waals surface area contributed by atoms with E-state index in [0.717, 1.165) is 32.9 Å². The lowest BCUT2D eigenvalue weighted by molar-refractivity contribution is -0.156. The molecule has 1 amide bonds. The quantitative estimate of drug-likeness (QED) is 0.493. The fourth-order valence-corrected chi connectivity index (χ4v) is 1.56. The van der Waals surface area contributed by atoms with Crippen LogP contribution in [0.25, 0.3) is 0 Å². The molecule has 0 aromatic carbocycles. The van der Waals surface area contributed by atoms with Crippen LogP contribution in [0, 0.1) is 5.92 Å². The van der Waals surface area contributed by atoms with Gasteiger partial charge in [0.2, 0.25) is 5.91 Å². The van der Waals surface area contributed by atoms with E-state index in [0.29, 0.717) is 0 Å². The maximum absolute atomic E-state index is 11.6. The van der Waals surface area contributed by atoms with Crippen LogP contribution in [0.3, 0.4) is 0 Å². The molecule has 1 rings (SSSR count). The zero-order valence-electron chi connectivity index (χ0n) is 9.32. The van der Waals surface area contributed by atoms with Gasteiger partial charge in [-0.2, -0.15) is 0 Å². The SMILES string of the molecule is CC(O)(CNC(=O)C1CCNCC1)C(=O)O. The van der Waals surface area contributed by atoms with Crippen molar-refractivity contribution in [3.63, 3.8) is 0 Å². The molecule has 6 nitrogen and oxygen atoms in total. The molecule has 1 fully saturated rings. The second-order valence-corrected chi connectivity index (χ2v) is 4.32. The average Bonchev–Trinajstić information content (AvgIpc) is 2.27. The zero-order valence-corrected chi connectivity index (χ0v) is 9.32. The number of rotatable bonds is 4. The van der Waals surface area contributed by atoms with Crippen LogP contribution in [0.2, 0.25) is 0 Å². The van der Waals surface area contributed by atoms with Crippen LogP contribution in [-0.4, -0.2) is 47.3 Å². The highest BCUT2D eigenvalue weighted by Gasteiger charge is 2.31. The lowest BCUT2D eigenvalue weighted by Gasteiger charge is -2.24. The van der Waals surface area contributed by atoms with Gasteiger partial charge in [-0.15, -0.1) is 0 Å². The Hall–Kier alpha value is -1.14. The molecule has 1 atom stereocenters. The molecular formula is C10H18N2O4. The van der Waals surface area contributed by atoms with Crippen LogP contribution >= 0.6 is 0 Å². The summed E-state index contributed by atoms with van der Waals surface area (Å²) in [5, 5.41) is 23.7. The Labute approximate surface area is 94.0 Å². The van der Waals surface area contributed by atoms with E-state index in [1.165, 1.54) is 0 Å². The average molecular weight is 230 g/mol. The van der Waals surface area contributed by atoms with Gasteiger partial charge < -0.3 is 20.8 Å². The Morgan fingerprint density at radius 3 is 2.50 bits per heavy atom. The summed E-state index contributed by atoms with van der Waals surface area (Å²) in [7, 11) is 0. The molecule has 0 radical (unpaired) electrons. The van der Waals surface area contributed by atoms with E-state index in [2.05, 4.69) is 10.6 Å². The summed E-state index contributed by atoms with van der Waals surface area (Å²) in [6.45, 7) is 2.50. The third-order valence-electron chi connectivity index (χ3n) is 2.78. The number of hydrogen-bond acceptors (Lipinski definition) is 4. The Morgan fingerprint density at radius 2 is 2.00 bits per heavy atom. The molecule has 1 saturated heterocycles. The number of carbonyl (C=O) groups excluding carboxylic acids is 1. The van der Waals surface area contributed by atoms with Crippen LogP contribution in [-0.2, 0) is 9.59 Å². The number of piperidine rings is 1. The molecule has 16 heavy (non-hydrogen) atoms. The molecule has 1 heterocycles. The molecule has 0 saturated carbocycles. The van der Waals surface area contributed by atoms with Crippen LogP contribution in [0.4, 0.5) is 0 Å². The second kappa shape index (κ2) is 5.27. The first kappa shape index (κ1) is 12.9. The standard InChI is InChI=1S/C10H18N2O4/c1-10(16,9(14)15)6-12-8(13)7-2-4-11-5-3-7/h7,11,16H,2-6H2,1H3,(H,12,13)(H,14,15). The fraction of sp³-hybridized carbons (Fsp3) is 0.800. The third-order valence-corrected chi connectivity index (χ3v) is 2.78. The highest BCUT2D eigenvalue weighted by molar-refractivity contribution is 5.81. The Bertz CT molecular complexity index is 272. The molecule has 4 N–H and O–H groups in total. The third kappa shape index (κ3) is 3.46. The van der Waals surface area contributed by atoms with E-state index in [9.17, 15) is 14.7 Å². The van der Waals surface area contributed by atoms with Gasteiger partial charge >= 0.3 is 5.97 Å². The second-order valence-electron chi connectivity index (χ2n) is 4.32. The minimum atomic E-state index is -1.90. The van der Waals surface area contributed by atoms with Crippen molar-refractivity contribution in [3.05, 3.63) is 0 Å². The molecule has 0 aliphatic carbocycles. The molecule has 6 heteroatoms. The summed E-state index contributed by atoms with van der Waals surface area (Å²) in [6, 6.07) is 0. The minimum Gasteiger partial charge on any atom is -0.479 e. The lowest BCUT2D eigenvalue weighted by atomic mass is 9.97. The number of carbonyl (C=O) groups is 2. The first-order valence-electron chi connectivity index (χ1n) is 5.37. The number of carboxylic acids is 1. The van der Waals surface area contributed by atoms with Crippen LogP contribution in [0.1, 0.15) is 19.8 Å². The smallest absolute Gasteiger partial charge is 0.337 e. The van der Waals surface area contributed by atoms with Crippen molar-refractivity contribution in [2.45, 2.75) is 25.4 Å². The molecule has 0 aromatic rings. The topological polar surface area (TPSA) is 98.7 Å². The zero-order chi connectivity index (χ0) is 12.2. The summed E-state index contributed by atoms with van der Waals surface area (Å²) in [6.07, 6.45) is 1.50. The van der Waals surface area contributed by atoms with Gasteiger partial charge in [-0.25, -0.2) is 4.79 Å². The van der Waals surface area contributed by atoms with Gasteiger partial charge in [0, 0.05) is 5.92 Å². The highest BCUT2D eigenvalue weighted by Crippen LogP contribution is 2.11. The van der Waals surface area contributed by atoms with Crippen molar-refractivity contribution in [2.75, 3.05) is 19.6 Å². The van der Waals surface area contributed by atoms with Gasteiger partial charge in [0.25, 0.3) is 0 Å². The molecule has 92 valence electrons. The van der Waals surface area contributed by atoms with Gasteiger partial charge in [0.15, 0.2) is 5.60 Å². The number of carboxylic acid groups (broad SMARTS) is 1. The molecule has 0 spiro atoms. The highest BCUT2D eigenvalue weighted by atomic mass is 16.4. The predicted molar refractivity (Wildman–Crippen MR) is 56.9 cm³/mol. The van der Waals surface area contributed by atoms with E-state index >= 15 is 0 Å². The summed E-state index contributed by atoms with van der Waals surface area (Å²) >= 11 is 0. The maximum Gasteiger partial charge on any atom is 0.337 e. The number of aliphatic hydroxyl groups is 1. The van der Waals surface area contributed by atoms with E-state index < -0.39 is 11.6 Å². The molecule has 1 aliphatic heterocycles. The first-order chi connectivity index (χ1) is 7.43. The number of hydrogen-bond donors (Lipinski definition) is 4. The maximum atomic E-state index is 11.6. The van der Waals surface area contributed by atoms with Gasteiger partial charge in [0.05, 0.1) is 6.54 Å². The van der Waals surface area contributed by atoms with E-state index in [4.69, 9.17) is 5.11 Å². The number of amides is 1. The van der Waals surface area contributed by atoms with Crippen molar-refractivity contribution in [3.8, 4) is 0 Å². The fourth-order valence-electron chi connectivity index (χ4n) is 1.56. The van der Waals surface area contributed by atoms with Crippen LogP contribution in [0.15, 0.2) is 0 Å². The van der Waals surface area contributed by atoms with Crippen molar-refractivity contribution >= 4 is 11.9 Å². The van der Waals surface area contributed by atoms with Crippen molar-refractivity contribution in [1.82, 2.24) is 10.6 Å². The van der Waals surface area contributed by atoms with Gasteiger partial charge in [-0.05, 0) is 32.9 Å². The number of aliphatic carboxylic acids is 1. The predicted octanol–water partition coefficient (Wildman–Crippen LogP) is -1.06. The van der Waals surface area contributed by atoms with Crippen molar-refractivity contribution in [2.24, 2.45) is 5.92 Å². The monoisotopic (exact) mass is 230 g/mol. The summed E-state index contributed by atoms with van der Waals surface area (Å²) < 4.78 is 0. The largest absolute Gasteiger partial charge is 0.479 e. The van der Waals surface area contributed by atoms with Gasteiger partial charge in [-0.3, -0.25) is 4.79 Å². The molecular weight excluding hydrogens is 212 g/mol.